The molecular weight excluding hydrogens is 327 g/mol. The SMILES string of the molecule is Nc1cc(Br)c(F)cc1C#CC1CCN(C(=O)O)CC1. The number of carbonyl (C=O) groups is 1. The Kier molecular flexibility index (Phi) is 4.50. The van der Waals surface area contributed by atoms with Gasteiger partial charge in [0.25, 0.3) is 0 Å². The molecule has 0 radical (unpaired) electrons. The van der Waals surface area contributed by atoms with Gasteiger partial charge in [0.1, 0.15) is 5.82 Å². The minimum atomic E-state index is -0.893. The third-order valence-electron chi connectivity index (χ3n) is 3.27. The van der Waals surface area contributed by atoms with Crippen LogP contribution in [0.2, 0.25) is 0 Å². The molecule has 4 nitrogen and oxygen atoms in total. The number of halogens is 2. The van der Waals surface area contributed by atoms with Gasteiger partial charge in [-0.1, -0.05) is 11.8 Å². The second-order valence-corrected chi connectivity index (χ2v) is 5.52. The van der Waals surface area contributed by atoms with Crippen LogP contribution in [0.1, 0.15) is 18.4 Å². The number of likely N-dealkylation sites (tertiary alicyclic amines) is 1. The van der Waals surface area contributed by atoms with Crippen LogP contribution in [0.5, 0.6) is 0 Å². The van der Waals surface area contributed by atoms with Crippen molar-refractivity contribution < 1.29 is 14.3 Å². The summed E-state index contributed by atoms with van der Waals surface area (Å²) in [5, 5.41) is 8.85. The molecule has 0 atom stereocenters. The molecule has 1 aliphatic rings. The van der Waals surface area contributed by atoms with E-state index >= 15 is 0 Å². The summed E-state index contributed by atoms with van der Waals surface area (Å²) >= 11 is 3.06. The molecule has 1 amide bonds. The fraction of sp³-hybridized carbons (Fsp3) is 0.357. The molecule has 2 rings (SSSR count). The summed E-state index contributed by atoms with van der Waals surface area (Å²) in [4.78, 5) is 12.2. The van der Waals surface area contributed by atoms with Gasteiger partial charge < -0.3 is 15.7 Å². The van der Waals surface area contributed by atoms with E-state index in [-0.39, 0.29) is 5.92 Å². The van der Waals surface area contributed by atoms with Gasteiger partial charge in [-0.25, -0.2) is 9.18 Å². The maximum absolute atomic E-state index is 13.4. The van der Waals surface area contributed by atoms with Crippen molar-refractivity contribution in [3.63, 3.8) is 0 Å². The second-order valence-electron chi connectivity index (χ2n) is 4.67. The van der Waals surface area contributed by atoms with Crippen molar-refractivity contribution in [1.82, 2.24) is 4.90 Å². The fourth-order valence-electron chi connectivity index (χ4n) is 2.07. The summed E-state index contributed by atoms with van der Waals surface area (Å²) < 4.78 is 13.7. The summed E-state index contributed by atoms with van der Waals surface area (Å²) in [7, 11) is 0. The van der Waals surface area contributed by atoms with Gasteiger partial charge in [-0.05, 0) is 40.9 Å². The molecule has 0 bridgehead atoms. The summed E-state index contributed by atoms with van der Waals surface area (Å²) in [6, 6.07) is 2.80. The first kappa shape index (κ1) is 14.7. The van der Waals surface area contributed by atoms with E-state index in [0.29, 0.717) is 41.7 Å². The van der Waals surface area contributed by atoms with Crippen molar-refractivity contribution in [2.24, 2.45) is 5.92 Å². The largest absolute Gasteiger partial charge is 0.465 e. The average molecular weight is 341 g/mol. The van der Waals surface area contributed by atoms with E-state index < -0.39 is 11.9 Å². The van der Waals surface area contributed by atoms with Gasteiger partial charge in [0.05, 0.1) is 10.0 Å². The van der Waals surface area contributed by atoms with Crippen molar-refractivity contribution in [3.8, 4) is 11.8 Å². The number of nitrogens with zero attached hydrogens (tertiary/aromatic N) is 1. The molecule has 6 heteroatoms. The molecule has 106 valence electrons. The quantitative estimate of drug-likeness (QED) is 0.563. The zero-order valence-electron chi connectivity index (χ0n) is 10.7. The van der Waals surface area contributed by atoms with Crippen LogP contribution in [0.15, 0.2) is 16.6 Å². The summed E-state index contributed by atoms with van der Waals surface area (Å²) in [5.41, 5.74) is 6.67. The van der Waals surface area contributed by atoms with Crippen LogP contribution < -0.4 is 5.73 Å². The lowest BCUT2D eigenvalue weighted by Gasteiger charge is -2.27. The Balaban J connectivity index is 2.05. The lowest BCUT2D eigenvalue weighted by molar-refractivity contribution is 0.130. The molecule has 0 saturated carbocycles. The molecule has 1 heterocycles. The Morgan fingerprint density at radius 3 is 2.70 bits per heavy atom. The smallest absolute Gasteiger partial charge is 0.407 e. The Morgan fingerprint density at radius 2 is 2.10 bits per heavy atom. The van der Waals surface area contributed by atoms with Gasteiger partial charge in [0.2, 0.25) is 0 Å². The molecule has 1 fully saturated rings. The van der Waals surface area contributed by atoms with Crippen LogP contribution in [0, 0.1) is 23.6 Å². The normalized spacial score (nSPS) is 15.6. The second kappa shape index (κ2) is 6.14. The average Bonchev–Trinajstić information content (AvgIpc) is 2.42. The number of piperidine rings is 1. The number of hydrogen-bond donors (Lipinski definition) is 2. The predicted molar refractivity (Wildman–Crippen MR) is 77.7 cm³/mol. The predicted octanol–water partition coefficient (Wildman–Crippen LogP) is 2.91. The molecule has 1 saturated heterocycles. The summed E-state index contributed by atoms with van der Waals surface area (Å²) in [6.45, 7) is 0.970. The van der Waals surface area contributed by atoms with Crippen LogP contribution in [-0.2, 0) is 0 Å². The van der Waals surface area contributed by atoms with E-state index in [4.69, 9.17) is 10.8 Å². The molecule has 0 unspecified atom stereocenters. The van der Waals surface area contributed by atoms with Crippen LogP contribution in [0.25, 0.3) is 0 Å². The zero-order valence-corrected chi connectivity index (χ0v) is 12.3. The standard InChI is InChI=1S/C14H14BrFN2O2/c15-11-8-13(17)10(7-12(11)16)2-1-9-3-5-18(6-4-9)14(19)20/h7-9H,3-6,17H2,(H,19,20). The Hall–Kier alpha value is -1.74. The Bertz CT molecular complexity index is 587. The first-order chi connectivity index (χ1) is 9.47. The molecular formula is C14H14BrFN2O2. The topological polar surface area (TPSA) is 66.6 Å². The number of nitrogen functional groups attached to an aromatic ring is 1. The molecule has 0 aromatic heterocycles. The number of nitrogens with two attached hydrogens (primary N) is 1. The lowest BCUT2D eigenvalue weighted by atomic mass is 9.97. The number of amides is 1. The van der Waals surface area contributed by atoms with Crippen molar-refractivity contribution in [2.75, 3.05) is 18.8 Å². The minimum absolute atomic E-state index is 0.122. The molecule has 1 aliphatic heterocycles. The first-order valence-corrected chi connectivity index (χ1v) is 7.00. The number of carboxylic acid groups (broad SMARTS) is 1. The van der Waals surface area contributed by atoms with Gasteiger partial charge in [-0.15, -0.1) is 0 Å². The highest BCUT2D eigenvalue weighted by Crippen LogP contribution is 2.22. The maximum Gasteiger partial charge on any atom is 0.407 e. The molecule has 20 heavy (non-hydrogen) atoms. The van der Waals surface area contributed by atoms with E-state index in [9.17, 15) is 9.18 Å². The Morgan fingerprint density at radius 1 is 1.45 bits per heavy atom. The fourth-order valence-corrected chi connectivity index (χ4v) is 2.43. The van der Waals surface area contributed by atoms with Crippen molar-refractivity contribution in [1.29, 1.82) is 0 Å². The number of benzene rings is 1. The van der Waals surface area contributed by atoms with Gasteiger partial charge in [-0.3, -0.25) is 0 Å². The van der Waals surface area contributed by atoms with Crippen molar-refractivity contribution in [2.45, 2.75) is 12.8 Å². The van der Waals surface area contributed by atoms with Crippen LogP contribution in [0.3, 0.4) is 0 Å². The van der Waals surface area contributed by atoms with Crippen molar-refractivity contribution in [3.05, 3.63) is 28.0 Å². The highest BCUT2D eigenvalue weighted by molar-refractivity contribution is 9.10. The summed E-state index contributed by atoms with van der Waals surface area (Å²) in [5.74, 6) is 5.67. The number of rotatable bonds is 0. The third-order valence-corrected chi connectivity index (χ3v) is 3.88. The molecule has 0 spiro atoms. The highest BCUT2D eigenvalue weighted by Gasteiger charge is 2.20. The maximum atomic E-state index is 13.4. The Labute approximate surface area is 124 Å². The van der Waals surface area contributed by atoms with Gasteiger partial charge in [0.15, 0.2) is 0 Å². The van der Waals surface area contributed by atoms with Crippen LogP contribution >= 0.6 is 15.9 Å². The van der Waals surface area contributed by atoms with E-state index in [0.717, 1.165) is 0 Å². The van der Waals surface area contributed by atoms with E-state index in [1.807, 2.05) is 0 Å². The van der Waals surface area contributed by atoms with E-state index in [2.05, 4.69) is 27.8 Å². The molecule has 3 N–H and O–H groups in total. The van der Waals surface area contributed by atoms with E-state index in [1.165, 1.54) is 17.0 Å². The number of anilines is 1. The van der Waals surface area contributed by atoms with Crippen LogP contribution in [-0.4, -0.2) is 29.2 Å². The van der Waals surface area contributed by atoms with Crippen molar-refractivity contribution >= 4 is 27.7 Å². The molecule has 0 aliphatic carbocycles. The first-order valence-electron chi connectivity index (χ1n) is 6.21. The highest BCUT2D eigenvalue weighted by atomic mass is 79.9. The molecule has 1 aromatic carbocycles. The molecule has 1 aromatic rings. The third kappa shape index (κ3) is 3.42. The summed E-state index contributed by atoms with van der Waals surface area (Å²) in [6.07, 6.45) is 0.492. The van der Waals surface area contributed by atoms with Gasteiger partial charge in [-0.2, -0.15) is 0 Å². The van der Waals surface area contributed by atoms with Gasteiger partial charge >= 0.3 is 6.09 Å². The van der Waals surface area contributed by atoms with E-state index in [1.54, 1.807) is 0 Å². The lowest BCUT2D eigenvalue weighted by Crippen LogP contribution is -2.37. The monoisotopic (exact) mass is 340 g/mol. The minimum Gasteiger partial charge on any atom is -0.465 e. The van der Waals surface area contributed by atoms with Gasteiger partial charge in [0, 0.05) is 24.7 Å². The van der Waals surface area contributed by atoms with Crippen LogP contribution in [0.4, 0.5) is 14.9 Å². The number of hydrogen-bond acceptors (Lipinski definition) is 2. The zero-order chi connectivity index (χ0) is 14.7.